The average Bonchev–Trinajstić information content (AvgIpc) is 2.21. The zero-order valence-corrected chi connectivity index (χ0v) is 9.60. The molecule has 0 amide bonds. The Morgan fingerprint density at radius 2 is 1.33 bits per heavy atom. The van der Waals surface area contributed by atoms with E-state index in [1.54, 1.807) is 0 Å². The van der Waals surface area contributed by atoms with Crippen LogP contribution in [0.5, 0.6) is 0 Å². The van der Waals surface area contributed by atoms with Crippen molar-refractivity contribution in [1.82, 2.24) is 0 Å². The second kappa shape index (κ2) is 4.01. The summed E-state index contributed by atoms with van der Waals surface area (Å²) in [6, 6.07) is 0. The van der Waals surface area contributed by atoms with Crippen LogP contribution in [0.15, 0.2) is 41.3 Å². The van der Waals surface area contributed by atoms with Crippen LogP contribution in [-0.4, -0.2) is 42.3 Å². The molecule has 12 heavy (non-hydrogen) atoms. The van der Waals surface area contributed by atoms with Gasteiger partial charge in [0.25, 0.3) is 0 Å². The summed E-state index contributed by atoms with van der Waals surface area (Å²) in [5, 5.41) is 0. The Morgan fingerprint density at radius 3 is 1.67 bits per heavy atom. The Bertz CT molecular complexity index is 292. The predicted molar refractivity (Wildman–Crippen MR) is 53.8 cm³/mol. The maximum atomic E-state index is 4.11. The molecule has 0 aromatic rings. The van der Waals surface area contributed by atoms with Crippen molar-refractivity contribution in [3.05, 3.63) is 31.3 Å². The fourth-order valence-electron chi connectivity index (χ4n) is 0.803. The number of nitrogens with zero attached hydrogens (tertiary/aromatic N) is 2. The van der Waals surface area contributed by atoms with Crippen LogP contribution < -0.4 is 0 Å². The van der Waals surface area contributed by atoms with Crippen LogP contribution in [0.4, 0.5) is 0 Å². The third-order valence-electron chi connectivity index (χ3n) is 1.31. The summed E-state index contributed by atoms with van der Waals surface area (Å²) < 4.78 is 2.75. The molecule has 4 heteroatoms. The number of rotatable bonds is 0. The van der Waals surface area contributed by atoms with Gasteiger partial charge in [-0.1, -0.05) is 0 Å². The SMILES string of the molecule is C1=C[Se]C(=C2C=NC=C[Se]2)C=N1. The van der Waals surface area contributed by atoms with Gasteiger partial charge in [0.05, 0.1) is 0 Å². The summed E-state index contributed by atoms with van der Waals surface area (Å²) in [5.41, 5.74) is 0. The van der Waals surface area contributed by atoms with Gasteiger partial charge in [0.15, 0.2) is 0 Å². The van der Waals surface area contributed by atoms with Gasteiger partial charge in [-0.3, -0.25) is 0 Å². The maximum absolute atomic E-state index is 4.11. The van der Waals surface area contributed by atoms with Gasteiger partial charge in [-0.25, -0.2) is 0 Å². The fraction of sp³-hybridized carbons (Fsp3) is 0. The Kier molecular flexibility index (Phi) is 2.75. The Hall–Kier alpha value is -0.401. The van der Waals surface area contributed by atoms with E-state index in [4.69, 9.17) is 0 Å². The van der Waals surface area contributed by atoms with E-state index in [0.29, 0.717) is 29.9 Å². The van der Waals surface area contributed by atoms with Crippen molar-refractivity contribution < 1.29 is 0 Å². The molecule has 2 nitrogen and oxygen atoms in total. The molecule has 0 atom stereocenters. The van der Waals surface area contributed by atoms with E-state index in [-0.39, 0.29) is 0 Å². The molecular formula is C8H6N2Se2. The zero-order valence-electron chi connectivity index (χ0n) is 6.18. The van der Waals surface area contributed by atoms with Crippen LogP contribution in [0.3, 0.4) is 0 Å². The van der Waals surface area contributed by atoms with E-state index in [0.717, 1.165) is 0 Å². The van der Waals surface area contributed by atoms with Gasteiger partial charge < -0.3 is 0 Å². The molecular weight excluding hydrogens is 282 g/mol. The zero-order chi connectivity index (χ0) is 8.23. The normalized spacial score (nSPS) is 26.7. The standard InChI is InChI=1S/C8H6N2Se2/c1-3-11-7(5-9-1)8-6-10-2-4-12-8/h1-6H. The molecule has 0 radical (unpaired) electrons. The van der Waals surface area contributed by atoms with E-state index in [2.05, 4.69) is 19.9 Å². The number of hydrogen-bond acceptors (Lipinski definition) is 2. The van der Waals surface area contributed by atoms with Crippen molar-refractivity contribution in [1.29, 1.82) is 0 Å². The number of aliphatic imine (C=N–C) groups is 2. The molecule has 2 heterocycles. The molecule has 0 aromatic heterocycles. The minimum absolute atomic E-state index is 0.468. The van der Waals surface area contributed by atoms with Crippen molar-refractivity contribution in [3.8, 4) is 0 Å². The van der Waals surface area contributed by atoms with Crippen molar-refractivity contribution in [2.75, 3.05) is 0 Å². The quantitative estimate of drug-likeness (QED) is 0.587. The summed E-state index contributed by atoms with van der Waals surface area (Å²) in [4.78, 5) is 12.5. The summed E-state index contributed by atoms with van der Waals surface area (Å²) >= 11 is 0.937. The van der Waals surface area contributed by atoms with Crippen molar-refractivity contribution >= 4 is 42.3 Å². The Labute approximate surface area is 83.6 Å². The number of hydrogen-bond donors (Lipinski definition) is 0. The second-order valence-corrected chi connectivity index (χ2v) is 6.07. The summed E-state index contributed by atoms with van der Waals surface area (Å²) in [6.45, 7) is 0. The predicted octanol–water partition coefficient (Wildman–Crippen LogP) is 0.718. The topological polar surface area (TPSA) is 24.7 Å². The van der Waals surface area contributed by atoms with Gasteiger partial charge in [0, 0.05) is 0 Å². The Balaban J connectivity index is 2.25. The first-order valence-electron chi connectivity index (χ1n) is 3.41. The van der Waals surface area contributed by atoms with Crippen LogP contribution in [0.1, 0.15) is 0 Å². The molecule has 0 saturated carbocycles. The van der Waals surface area contributed by atoms with E-state index in [1.165, 1.54) is 8.94 Å². The number of allylic oxidation sites excluding steroid dienone is 2. The molecule has 0 bridgehead atoms. The van der Waals surface area contributed by atoms with Gasteiger partial charge in [0.1, 0.15) is 0 Å². The van der Waals surface area contributed by atoms with E-state index >= 15 is 0 Å². The van der Waals surface area contributed by atoms with Crippen LogP contribution in [0.25, 0.3) is 0 Å². The van der Waals surface area contributed by atoms with Crippen molar-refractivity contribution in [2.45, 2.75) is 0 Å². The van der Waals surface area contributed by atoms with Gasteiger partial charge >= 0.3 is 83.6 Å². The molecule has 0 unspecified atom stereocenters. The monoisotopic (exact) mass is 290 g/mol. The first kappa shape index (κ1) is 8.21. The third-order valence-corrected chi connectivity index (χ3v) is 5.48. The van der Waals surface area contributed by atoms with Crippen LogP contribution >= 0.6 is 0 Å². The van der Waals surface area contributed by atoms with E-state index in [1.807, 2.05) is 24.8 Å². The van der Waals surface area contributed by atoms with Crippen LogP contribution in [0, 0.1) is 0 Å². The third kappa shape index (κ3) is 1.85. The van der Waals surface area contributed by atoms with Crippen LogP contribution in [-0.2, 0) is 0 Å². The first-order chi connectivity index (χ1) is 5.97. The molecule has 0 N–H and O–H groups in total. The van der Waals surface area contributed by atoms with E-state index < -0.39 is 0 Å². The molecule has 0 aromatic carbocycles. The summed E-state index contributed by atoms with van der Waals surface area (Å²) in [5.74, 6) is 0. The van der Waals surface area contributed by atoms with E-state index in [9.17, 15) is 0 Å². The van der Waals surface area contributed by atoms with Gasteiger partial charge in [-0.05, 0) is 0 Å². The summed E-state index contributed by atoms with van der Waals surface area (Å²) in [7, 11) is 0. The molecule has 2 aliphatic rings. The molecule has 0 saturated heterocycles. The van der Waals surface area contributed by atoms with Gasteiger partial charge in [-0.15, -0.1) is 0 Å². The minimum atomic E-state index is 0.468. The summed E-state index contributed by atoms with van der Waals surface area (Å²) in [6.07, 6.45) is 7.66. The average molecular weight is 288 g/mol. The van der Waals surface area contributed by atoms with Gasteiger partial charge in [-0.2, -0.15) is 0 Å². The molecule has 0 spiro atoms. The molecule has 0 fully saturated rings. The Morgan fingerprint density at radius 1 is 0.833 bits per heavy atom. The first-order valence-corrected chi connectivity index (χ1v) is 7.10. The fourth-order valence-corrected chi connectivity index (χ4v) is 4.24. The molecule has 0 aliphatic carbocycles. The van der Waals surface area contributed by atoms with Crippen LogP contribution in [0.2, 0.25) is 0 Å². The van der Waals surface area contributed by atoms with Crippen molar-refractivity contribution in [3.63, 3.8) is 0 Å². The molecule has 2 aliphatic heterocycles. The molecule has 60 valence electrons. The van der Waals surface area contributed by atoms with Crippen molar-refractivity contribution in [2.24, 2.45) is 9.98 Å². The second-order valence-electron chi connectivity index (χ2n) is 2.09. The molecule has 2 rings (SSSR count). The van der Waals surface area contributed by atoms with Gasteiger partial charge in [0.2, 0.25) is 0 Å².